The molecule has 0 aliphatic rings. The number of carbonyl (C=O) groups excluding carboxylic acids is 1. The Morgan fingerprint density at radius 1 is 1.10 bits per heavy atom. The van der Waals surface area contributed by atoms with Crippen molar-refractivity contribution in [2.24, 2.45) is 0 Å². The summed E-state index contributed by atoms with van der Waals surface area (Å²) >= 11 is 0. The van der Waals surface area contributed by atoms with Crippen molar-refractivity contribution in [3.8, 4) is 11.5 Å². The van der Waals surface area contributed by atoms with Crippen LogP contribution in [0.25, 0.3) is 11.0 Å². The molecule has 0 radical (unpaired) electrons. The van der Waals surface area contributed by atoms with Gasteiger partial charge >= 0.3 is 5.63 Å². The smallest absolute Gasteiger partial charge is 0.336 e. The molecule has 29 heavy (non-hydrogen) atoms. The van der Waals surface area contributed by atoms with Crippen LogP contribution >= 0.6 is 0 Å². The van der Waals surface area contributed by atoms with E-state index in [-0.39, 0.29) is 18.1 Å². The Bertz CT molecular complexity index is 1060. The molecule has 1 aromatic heterocycles. The average Bonchev–Trinajstić information content (AvgIpc) is 2.71. The van der Waals surface area contributed by atoms with Gasteiger partial charge in [0.25, 0.3) is 5.91 Å². The molecule has 0 bridgehead atoms. The van der Waals surface area contributed by atoms with Gasteiger partial charge in [-0.25, -0.2) is 4.79 Å². The fourth-order valence-corrected chi connectivity index (χ4v) is 3.16. The molecule has 1 heterocycles. The van der Waals surface area contributed by atoms with Crippen molar-refractivity contribution in [2.75, 3.05) is 20.8 Å². The second-order valence-electron chi connectivity index (χ2n) is 6.89. The quantitative estimate of drug-likeness (QED) is 0.543. The summed E-state index contributed by atoms with van der Waals surface area (Å²) < 4.78 is 16.2. The number of benzene rings is 2. The van der Waals surface area contributed by atoms with Crippen LogP contribution in [0, 0.1) is 0 Å². The predicted octanol–water partition coefficient (Wildman–Crippen LogP) is 3.79. The average molecular weight is 395 g/mol. The van der Waals surface area contributed by atoms with Gasteiger partial charge in [0.05, 0.1) is 7.11 Å². The van der Waals surface area contributed by atoms with E-state index in [1.54, 1.807) is 31.2 Å². The van der Waals surface area contributed by atoms with Crippen molar-refractivity contribution >= 4 is 16.9 Å². The molecule has 6 heteroatoms. The lowest BCUT2D eigenvalue weighted by Gasteiger charge is -2.18. The molecule has 1 amide bonds. The van der Waals surface area contributed by atoms with Crippen LogP contribution < -0.4 is 15.1 Å². The first-order valence-electron chi connectivity index (χ1n) is 9.56. The number of fused-ring (bicyclic) bond motifs is 1. The van der Waals surface area contributed by atoms with Crippen LogP contribution in [0.5, 0.6) is 11.5 Å². The molecule has 0 unspecified atom stereocenters. The van der Waals surface area contributed by atoms with Crippen LogP contribution in [0.3, 0.4) is 0 Å². The van der Waals surface area contributed by atoms with E-state index in [9.17, 15) is 9.59 Å². The predicted molar refractivity (Wildman–Crippen MR) is 111 cm³/mol. The zero-order valence-electron chi connectivity index (χ0n) is 16.9. The van der Waals surface area contributed by atoms with E-state index in [0.29, 0.717) is 17.9 Å². The van der Waals surface area contributed by atoms with Gasteiger partial charge in [-0.1, -0.05) is 25.5 Å². The Hall–Kier alpha value is -3.28. The van der Waals surface area contributed by atoms with Crippen LogP contribution in [0.2, 0.25) is 0 Å². The fraction of sp³-hybridized carbons (Fsp3) is 0.304. The maximum absolute atomic E-state index is 12.4. The number of methoxy groups -OCH3 is 1. The first-order valence-corrected chi connectivity index (χ1v) is 9.56. The normalized spacial score (nSPS) is 10.7. The largest absolute Gasteiger partial charge is 0.497 e. The first-order chi connectivity index (χ1) is 14.0. The molecule has 0 saturated heterocycles. The monoisotopic (exact) mass is 395 g/mol. The summed E-state index contributed by atoms with van der Waals surface area (Å²) in [7, 11) is 3.33. The highest BCUT2D eigenvalue weighted by Gasteiger charge is 2.12. The lowest BCUT2D eigenvalue weighted by molar-refractivity contribution is -0.132. The first kappa shape index (κ1) is 20.5. The molecule has 0 N–H and O–H groups in total. The molecule has 3 aromatic rings. The van der Waals surface area contributed by atoms with Crippen LogP contribution in [-0.4, -0.2) is 31.6 Å². The highest BCUT2D eigenvalue weighted by Crippen LogP contribution is 2.23. The van der Waals surface area contributed by atoms with Crippen LogP contribution in [-0.2, 0) is 17.8 Å². The van der Waals surface area contributed by atoms with Gasteiger partial charge in [0.2, 0.25) is 0 Å². The van der Waals surface area contributed by atoms with Gasteiger partial charge in [-0.3, -0.25) is 4.79 Å². The Morgan fingerprint density at radius 2 is 1.93 bits per heavy atom. The number of hydrogen-bond acceptors (Lipinski definition) is 5. The fourth-order valence-electron chi connectivity index (χ4n) is 3.16. The number of likely N-dealkylation sites (N-methyl/N-ethyl adjacent to an activating group) is 1. The summed E-state index contributed by atoms with van der Waals surface area (Å²) in [5.41, 5.74) is 2.01. The van der Waals surface area contributed by atoms with Crippen LogP contribution in [0.4, 0.5) is 0 Å². The molecular formula is C23H25NO5. The third kappa shape index (κ3) is 5.16. The van der Waals surface area contributed by atoms with Gasteiger partial charge in [0, 0.05) is 31.1 Å². The molecule has 0 aliphatic carbocycles. The summed E-state index contributed by atoms with van der Waals surface area (Å²) in [5.74, 6) is 1.08. The highest BCUT2D eigenvalue weighted by atomic mass is 16.5. The summed E-state index contributed by atoms with van der Waals surface area (Å²) in [6.45, 7) is 2.41. The Balaban J connectivity index is 1.66. The topological polar surface area (TPSA) is 69.0 Å². The number of nitrogens with zero attached hydrogens (tertiary/aromatic N) is 1. The zero-order valence-corrected chi connectivity index (χ0v) is 16.9. The minimum absolute atomic E-state index is 0.106. The molecule has 0 aliphatic heterocycles. The van der Waals surface area contributed by atoms with E-state index in [1.165, 1.54) is 6.07 Å². The molecule has 0 atom stereocenters. The third-order valence-corrected chi connectivity index (χ3v) is 4.66. The molecule has 2 aromatic carbocycles. The van der Waals surface area contributed by atoms with Gasteiger partial charge < -0.3 is 18.8 Å². The van der Waals surface area contributed by atoms with E-state index in [0.717, 1.165) is 35.1 Å². The summed E-state index contributed by atoms with van der Waals surface area (Å²) in [6, 6.07) is 14.4. The standard InChI is InChI=1S/C23H25NO5/c1-4-6-17-12-23(26)29-21-13-19(9-10-20(17)21)28-15-22(25)24(2)14-16-7-5-8-18(11-16)27-3/h5,7-13H,4,6,14-15H2,1-3H3. The summed E-state index contributed by atoms with van der Waals surface area (Å²) in [4.78, 5) is 25.8. The van der Waals surface area contributed by atoms with Crippen molar-refractivity contribution in [3.05, 3.63) is 70.1 Å². The molecule has 152 valence electrons. The molecule has 0 spiro atoms. The van der Waals surface area contributed by atoms with E-state index >= 15 is 0 Å². The van der Waals surface area contributed by atoms with E-state index in [1.807, 2.05) is 30.3 Å². The minimum Gasteiger partial charge on any atom is -0.497 e. The maximum atomic E-state index is 12.4. The number of amides is 1. The maximum Gasteiger partial charge on any atom is 0.336 e. The van der Waals surface area contributed by atoms with Crippen molar-refractivity contribution in [3.63, 3.8) is 0 Å². The lowest BCUT2D eigenvalue weighted by Crippen LogP contribution is -2.30. The molecule has 6 nitrogen and oxygen atoms in total. The van der Waals surface area contributed by atoms with Crippen LogP contribution in [0.1, 0.15) is 24.5 Å². The second-order valence-corrected chi connectivity index (χ2v) is 6.89. The Labute approximate surface area is 169 Å². The number of hydrogen-bond donors (Lipinski definition) is 0. The minimum atomic E-state index is -0.382. The van der Waals surface area contributed by atoms with Crippen LogP contribution in [0.15, 0.2) is 57.7 Å². The van der Waals surface area contributed by atoms with E-state index in [2.05, 4.69) is 6.92 Å². The van der Waals surface area contributed by atoms with Gasteiger partial charge in [-0.05, 0) is 41.8 Å². The molecule has 0 fully saturated rings. The van der Waals surface area contributed by atoms with Crippen molar-refractivity contribution in [1.29, 1.82) is 0 Å². The van der Waals surface area contributed by atoms with Crippen molar-refractivity contribution in [1.82, 2.24) is 4.90 Å². The lowest BCUT2D eigenvalue weighted by atomic mass is 10.1. The van der Waals surface area contributed by atoms with Crippen molar-refractivity contribution < 1.29 is 18.7 Å². The zero-order chi connectivity index (χ0) is 20.8. The number of rotatable bonds is 8. The number of ether oxygens (including phenoxy) is 2. The Kier molecular flexibility index (Phi) is 6.54. The number of aryl methyl sites for hydroxylation is 1. The number of carbonyl (C=O) groups is 1. The van der Waals surface area contributed by atoms with Gasteiger partial charge in [-0.15, -0.1) is 0 Å². The second kappa shape index (κ2) is 9.28. The Morgan fingerprint density at radius 3 is 2.69 bits per heavy atom. The summed E-state index contributed by atoms with van der Waals surface area (Å²) in [5, 5.41) is 0.889. The van der Waals surface area contributed by atoms with Gasteiger partial charge in [0.1, 0.15) is 17.1 Å². The highest BCUT2D eigenvalue weighted by molar-refractivity contribution is 5.82. The van der Waals surface area contributed by atoms with Crippen molar-refractivity contribution in [2.45, 2.75) is 26.3 Å². The SMILES string of the molecule is CCCc1cc(=O)oc2cc(OCC(=O)N(C)Cc3cccc(OC)c3)ccc12. The molecule has 0 saturated carbocycles. The molecular weight excluding hydrogens is 370 g/mol. The van der Waals surface area contributed by atoms with Gasteiger partial charge in [-0.2, -0.15) is 0 Å². The van der Waals surface area contributed by atoms with E-state index in [4.69, 9.17) is 13.9 Å². The molecule has 3 rings (SSSR count). The third-order valence-electron chi connectivity index (χ3n) is 4.66. The van der Waals surface area contributed by atoms with E-state index < -0.39 is 0 Å². The summed E-state index contributed by atoms with van der Waals surface area (Å²) in [6.07, 6.45) is 1.74. The van der Waals surface area contributed by atoms with Gasteiger partial charge in [0.15, 0.2) is 6.61 Å².